The second-order valence-electron chi connectivity index (χ2n) is 7.71. The smallest absolute Gasteiger partial charge is 0.410 e. The second-order valence-corrected chi connectivity index (χ2v) is 8.72. The Kier molecular flexibility index (Phi) is 4.36. The molecule has 2 saturated heterocycles. The fourth-order valence-corrected chi connectivity index (χ4v) is 4.80. The molecule has 0 radical (unpaired) electrons. The number of aromatic amines is 1. The Hall–Kier alpha value is -2.78. The number of thiazole rings is 1. The number of ether oxygens (including phenoxy) is 2. The Morgan fingerprint density at radius 1 is 1.31 bits per heavy atom. The molecule has 2 fully saturated rings. The van der Waals surface area contributed by atoms with E-state index in [9.17, 15) is 9.59 Å². The van der Waals surface area contributed by atoms with E-state index in [1.54, 1.807) is 17.0 Å². The molecule has 0 saturated carbocycles. The molecule has 0 bridgehead atoms. The van der Waals surface area contributed by atoms with Gasteiger partial charge in [-0.25, -0.2) is 14.8 Å². The third-order valence-corrected chi connectivity index (χ3v) is 6.47. The molecule has 1 amide bonds. The molecule has 2 aromatic heterocycles. The lowest BCUT2D eigenvalue weighted by molar-refractivity contribution is -0.0542. The molecule has 29 heavy (non-hydrogen) atoms. The first-order valence-electron chi connectivity index (χ1n) is 9.56. The summed E-state index contributed by atoms with van der Waals surface area (Å²) < 4.78 is 10.8. The molecule has 5 rings (SSSR count). The highest BCUT2D eigenvalue weighted by Crippen LogP contribution is 2.37. The average Bonchev–Trinajstić information content (AvgIpc) is 3.33. The molecule has 1 atom stereocenters. The van der Waals surface area contributed by atoms with Crippen molar-refractivity contribution in [1.82, 2.24) is 19.9 Å². The number of nitrogens with one attached hydrogen (secondary N) is 1. The first kappa shape index (κ1) is 18.3. The van der Waals surface area contributed by atoms with Crippen molar-refractivity contribution in [3.63, 3.8) is 0 Å². The van der Waals surface area contributed by atoms with Crippen LogP contribution in [-0.4, -0.2) is 45.7 Å². The number of H-pyrrole nitrogens is 1. The Labute approximate surface area is 170 Å². The third kappa shape index (κ3) is 3.20. The molecular weight excluding hydrogens is 392 g/mol. The van der Waals surface area contributed by atoms with E-state index in [-0.39, 0.29) is 17.0 Å². The van der Waals surface area contributed by atoms with Gasteiger partial charge in [-0.05, 0) is 31.9 Å². The van der Waals surface area contributed by atoms with Crippen molar-refractivity contribution in [3.8, 4) is 5.75 Å². The normalized spacial score (nSPS) is 20.6. The zero-order valence-electron chi connectivity index (χ0n) is 15.9. The van der Waals surface area contributed by atoms with E-state index in [0.29, 0.717) is 46.7 Å². The molecule has 0 spiro atoms. The average molecular weight is 412 g/mol. The van der Waals surface area contributed by atoms with Crippen molar-refractivity contribution in [2.24, 2.45) is 0 Å². The first-order chi connectivity index (χ1) is 14.0. The van der Waals surface area contributed by atoms with Crippen LogP contribution >= 0.6 is 11.3 Å². The number of fused-ring (bicyclic) bond motifs is 1. The largest absolute Gasteiger partial charge is 0.415 e. The van der Waals surface area contributed by atoms with Gasteiger partial charge in [-0.2, -0.15) is 0 Å². The van der Waals surface area contributed by atoms with E-state index in [4.69, 9.17) is 9.47 Å². The molecule has 3 aromatic rings. The van der Waals surface area contributed by atoms with E-state index < -0.39 is 6.09 Å². The van der Waals surface area contributed by atoms with Crippen LogP contribution in [0.15, 0.2) is 35.1 Å². The molecule has 150 valence electrons. The van der Waals surface area contributed by atoms with Crippen molar-refractivity contribution in [3.05, 3.63) is 51.5 Å². The molecule has 0 aliphatic carbocycles. The number of nitrogens with zero attached hydrogens (tertiary/aromatic N) is 3. The fourth-order valence-electron chi connectivity index (χ4n) is 3.71. The van der Waals surface area contributed by atoms with Gasteiger partial charge in [0, 0.05) is 6.54 Å². The first-order valence-corrected chi connectivity index (χ1v) is 10.4. The lowest BCUT2D eigenvalue weighted by atomic mass is 9.88. The number of carbonyl (C=O) groups excluding carboxylic acids is 1. The standard InChI is InChI=1S/C20H20N4O4S/c1-20(10-27-11-20)18-22-15(25)14-17(23-18)29-16(21-14)13-8-5-9-24(13)19(26)28-12-6-3-2-4-7-12/h2-4,6-7,13H,5,8-11H2,1H3,(H,22,23,25)/t13-/m1/s1. The monoisotopic (exact) mass is 412 g/mol. The molecule has 0 unspecified atom stereocenters. The summed E-state index contributed by atoms with van der Waals surface area (Å²) in [4.78, 5) is 39.6. The number of likely N-dealkylation sites (tertiary alicyclic amines) is 1. The molecule has 2 aliphatic rings. The van der Waals surface area contributed by atoms with Gasteiger partial charge in [-0.1, -0.05) is 29.5 Å². The number of rotatable bonds is 3. The summed E-state index contributed by atoms with van der Waals surface area (Å²) in [6.07, 6.45) is 1.23. The van der Waals surface area contributed by atoms with Crippen molar-refractivity contribution in [2.75, 3.05) is 19.8 Å². The van der Waals surface area contributed by atoms with Crippen LogP contribution in [0, 0.1) is 0 Å². The lowest BCUT2D eigenvalue weighted by Crippen LogP contribution is -2.46. The van der Waals surface area contributed by atoms with Gasteiger partial charge in [-0.3, -0.25) is 9.69 Å². The van der Waals surface area contributed by atoms with E-state index >= 15 is 0 Å². The quantitative estimate of drug-likeness (QED) is 0.710. The number of carbonyl (C=O) groups is 1. The summed E-state index contributed by atoms with van der Waals surface area (Å²) in [7, 11) is 0. The van der Waals surface area contributed by atoms with E-state index in [0.717, 1.165) is 12.8 Å². The Morgan fingerprint density at radius 2 is 2.10 bits per heavy atom. The Balaban J connectivity index is 1.44. The van der Waals surface area contributed by atoms with E-state index in [2.05, 4.69) is 15.0 Å². The summed E-state index contributed by atoms with van der Waals surface area (Å²) in [6.45, 7) is 3.68. The molecule has 1 N–H and O–H groups in total. The van der Waals surface area contributed by atoms with Gasteiger partial charge in [-0.15, -0.1) is 0 Å². The minimum Gasteiger partial charge on any atom is -0.410 e. The number of hydrogen-bond donors (Lipinski definition) is 1. The highest BCUT2D eigenvalue weighted by molar-refractivity contribution is 7.18. The topological polar surface area (TPSA) is 97.4 Å². The minimum absolute atomic E-state index is 0.212. The number of aromatic nitrogens is 3. The number of hydrogen-bond acceptors (Lipinski definition) is 7. The highest BCUT2D eigenvalue weighted by Gasteiger charge is 2.39. The fraction of sp³-hybridized carbons (Fsp3) is 0.400. The predicted octanol–water partition coefficient (Wildman–Crippen LogP) is 3.00. The molecule has 1 aromatic carbocycles. The van der Waals surface area contributed by atoms with Crippen molar-refractivity contribution < 1.29 is 14.3 Å². The Bertz CT molecular complexity index is 1120. The maximum absolute atomic E-state index is 12.7. The molecule has 4 heterocycles. The van der Waals surface area contributed by atoms with Crippen LogP contribution in [0.2, 0.25) is 0 Å². The maximum Gasteiger partial charge on any atom is 0.415 e. The van der Waals surface area contributed by atoms with Crippen LogP contribution in [0.25, 0.3) is 10.3 Å². The van der Waals surface area contributed by atoms with Crippen molar-refractivity contribution in [2.45, 2.75) is 31.2 Å². The summed E-state index contributed by atoms with van der Waals surface area (Å²) in [5, 5.41) is 0.715. The van der Waals surface area contributed by atoms with Crippen LogP contribution in [-0.2, 0) is 10.2 Å². The zero-order valence-corrected chi connectivity index (χ0v) is 16.7. The third-order valence-electron chi connectivity index (χ3n) is 5.42. The van der Waals surface area contributed by atoms with Crippen molar-refractivity contribution >= 4 is 27.8 Å². The van der Waals surface area contributed by atoms with E-state index in [1.807, 2.05) is 25.1 Å². The number of para-hydroxylation sites is 1. The van der Waals surface area contributed by atoms with Gasteiger partial charge < -0.3 is 14.5 Å². The van der Waals surface area contributed by atoms with Gasteiger partial charge >= 0.3 is 6.09 Å². The zero-order chi connectivity index (χ0) is 20.0. The SMILES string of the molecule is CC1(c2nc3sc([C@H]4CCCN4C(=O)Oc4ccccc4)nc3c(=O)[nH]2)COC1. The van der Waals surface area contributed by atoms with Crippen LogP contribution in [0.3, 0.4) is 0 Å². The predicted molar refractivity (Wildman–Crippen MR) is 107 cm³/mol. The Morgan fingerprint density at radius 3 is 2.83 bits per heavy atom. The molecule has 2 aliphatic heterocycles. The van der Waals surface area contributed by atoms with Gasteiger partial charge in [0.1, 0.15) is 16.6 Å². The molecular formula is C20H20N4O4S. The van der Waals surface area contributed by atoms with Crippen LogP contribution < -0.4 is 10.3 Å². The minimum atomic E-state index is -0.403. The van der Waals surface area contributed by atoms with Gasteiger partial charge in [0.2, 0.25) is 0 Å². The molecule has 9 heteroatoms. The second kappa shape index (κ2) is 6.93. The van der Waals surface area contributed by atoms with Crippen molar-refractivity contribution in [1.29, 1.82) is 0 Å². The van der Waals surface area contributed by atoms with Gasteiger partial charge in [0.25, 0.3) is 5.56 Å². The summed E-state index contributed by atoms with van der Waals surface area (Å²) in [6, 6.07) is 8.79. The van der Waals surface area contributed by atoms with Gasteiger partial charge in [0.05, 0.1) is 24.7 Å². The summed E-state index contributed by atoms with van der Waals surface area (Å²) in [5.41, 5.74) is -0.200. The summed E-state index contributed by atoms with van der Waals surface area (Å²) >= 11 is 1.37. The summed E-state index contributed by atoms with van der Waals surface area (Å²) in [5.74, 6) is 1.13. The highest BCUT2D eigenvalue weighted by atomic mass is 32.1. The lowest BCUT2D eigenvalue weighted by Gasteiger charge is -2.36. The van der Waals surface area contributed by atoms with Gasteiger partial charge in [0.15, 0.2) is 10.3 Å². The van der Waals surface area contributed by atoms with Crippen LogP contribution in [0.4, 0.5) is 4.79 Å². The van der Waals surface area contributed by atoms with Crippen LogP contribution in [0.5, 0.6) is 5.75 Å². The molecule has 8 nitrogen and oxygen atoms in total. The van der Waals surface area contributed by atoms with Crippen LogP contribution in [0.1, 0.15) is 36.6 Å². The number of amides is 1. The van der Waals surface area contributed by atoms with E-state index in [1.165, 1.54) is 11.3 Å². The number of benzene rings is 1. The maximum atomic E-state index is 12.7.